The summed E-state index contributed by atoms with van der Waals surface area (Å²) in [5.41, 5.74) is 4.54. The fraction of sp³-hybridized carbons (Fsp3) is 0.250. The monoisotopic (exact) mass is 400 g/mol. The van der Waals surface area contributed by atoms with E-state index in [0.29, 0.717) is 24.3 Å². The maximum atomic E-state index is 13.2. The highest BCUT2D eigenvalue weighted by Crippen LogP contribution is 2.23. The van der Waals surface area contributed by atoms with Crippen molar-refractivity contribution in [2.75, 3.05) is 13.1 Å². The first-order chi connectivity index (χ1) is 14.5. The number of hydrogen-bond donors (Lipinski definition) is 0. The molecule has 3 aromatic rings. The van der Waals surface area contributed by atoms with Crippen LogP contribution in [0.4, 0.5) is 0 Å². The molecule has 1 aliphatic heterocycles. The van der Waals surface area contributed by atoms with Crippen LogP contribution in [0.5, 0.6) is 0 Å². The minimum atomic E-state index is -0.291. The molecule has 0 aliphatic carbocycles. The van der Waals surface area contributed by atoms with Crippen LogP contribution >= 0.6 is 0 Å². The van der Waals surface area contributed by atoms with E-state index in [1.807, 2.05) is 31.2 Å². The molecule has 0 atom stereocenters. The first-order valence-corrected chi connectivity index (χ1v) is 10.0. The zero-order valence-corrected chi connectivity index (χ0v) is 17.2. The minimum Gasteiger partial charge on any atom is -0.334 e. The summed E-state index contributed by atoms with van der Waals surface area (Å²) in [5, 5.41) is 0. The summed E-state index contributed by atoms with van der Waals surface area (Å²) < 4.78 is 1.52. The summed E-state index contributed by atoms with van der Waals surface area (Å²) in [7, 11) is 0. The molecule has 0 radical (unpaired) electrons. The second-order valence-corrected chi connectivity index (χ2v) is 7.55. The summed E-state index contributed by atoms with van der Waals surface area (Å²) in [5.74, 6) is -0.217. The van der Waals surface area contributed by atoms with E-state index in [4.69, 9.17) is 0 Å². The molecule has 0 saturated heterocycles. The third-order valence-corrected chi connectivity index (χ3v) is 5.40. The molecule has 1 aromatic carbocycles. The Hall–Kier alpha value is -3.54. The van der Waals surface area contributed by atoms with Crippen LogP contribution in [0.15, 0.2) is 65.9 Å². The molecule has 2 aromatic heterocycles. The van der Waals surface area contributed by atoms with E-state index < -0.39 is 0 Å². The van der Waals surface area contributed by atoms with Gasteiger partial charge in [0.25, 0.3) is 11.5 Å². The maximum Gasteiger partial charge on any atom is 0.264 e. The van der Waals surface area contributed by atoms with E-state index in [1.165, 1.54) is 15.7 Å². The van der Waals surface area contributed by atoms with Crippen LogP contribution in [-0.4, -0.2) is 38.4 Å². The van der Waals surface area contributed by atoms with Crippen molar-refractivity contribution >= 4 is 11.5 Å². The Balaban J connectivity index is 1.56. The van der Waals surface area contributed by atoms with Gasteiger partial charge in [-0.05, 0) is 43.0 Å². The van der Waals surface area contributed by atoms with Crippen LogP contribution in [0.3, 0.4) is 0 Å². The normalized spacial score (nSPS) is 13.8. The lowest BCUT2D eigenvalue weighted by Crippen LogP contribution is -2.39. The summed E-state index contributed by atoms with van der Waals surface area (Å²) in [6, 6.07) is 12.0. The molecule has 0 bridgehead atoms. The van der Waals surface area contributed by atoms with Gasteiger partial charge in [0, 0.05) is 25.5 Å². The average molecular weight is 400 g/mol. The molecule has 0 N–H and O–H groups in total. The van der Waals surface area contributed by atoms with E-state index >= 15 is 0 Å². The van der Waals surface area contributed by atoms with Gasteiger partial charge in [-0.25, -0.2) is 0 Å². The van der Waals surface area contributed by atoms with E-state index in [0.717, 1.165) is 12.1 Å². The molecular formula is C24H24N4O2. The molecule has 6 nitrogen and oxygen atoms in total. The number of nitrogens with zero attached hydrogens (tertiary/aromatic N) is 4. The number of benzene rings is 1. The zero-order valence-electron chi connectivity index (χ0n) is 17.2. The number of pyridine rings is 1. The molecule has 1 amide bonds. The highest BCUT2D eigenvalue weighted by atomic mass is 16.2. The summed E-state index contributed by atoms with van der Waals surface area (Å²) in [6.45, 7) is 5.05. The standard InChI is InChI=1S/C24H24N4O2/c1-17-8-11-28(16-21-15-25-18(2)14-26-21)24(30)22(17)23(29)27-12-9-20(10-13-27)19-6-4-3-5-7-19/h3-9,11,14-15H,10,12-13,16H2,1-2H3. The van der Waals surface area contributed by atoms with Gasteiger partial charge in [-0.15, -0.1) is 0 Å². The average Bonchev–Trinajstić information content (AvgIpc) is 2.78. The Bertz CT molecular complexity index is 1150. The fourth-order valence-corrected chi connectivity index (χ4v) is 3.65. The van der Waals surface area contributed by atoms with Crippen molar-refractivity contribution in [3.63, 3.8) is 0 Å². The number of rotatable bonds is 4. The van der Waals surface area contributed by atoms with Gasteiger partial charge < -0.3 is 9.47 Å². The van der Waals surface area contributed by atoms with Crippen molar-refractivity contribution in [3.8, 4) is 0 Å². The van der Waals surface area contributed by atoms with E-state index in [2.05, 4.69) is 28.2 Å². The summed E-state index contributed by atoms with van der Waals surface area (Å²) in [6.07, 6.45) is 7.89. The Kier molecular flexibility index (Phi) is 5.57. The molecule has 30 heavy (non-hydrogen) atoms. The number of carbonyl (C=O) groups is 1. The van der Waals surface area contributed by atoms with E-state index in [9.17, 15) is 9.59 Å². The van der Waals surface area contributed by atoms with Crippen molar-refractivity contribution in [3.05, 3.63) is 99.5 Å². The fourth-order valence-electron chi connectivity index (χ4n) is 3.65. The number of carbonyl (C=O) groups excluding carboxylic acids is 1. The van der Waals surface area contributed by atoms with Crippen LogP contribution < -0.4 is 5.56 Å². The third-order valence-electron chi connectivity index (χ3n) is 5.40. The van der Waals surface area contributed by atoms with Gasteiger partial charge in [-0.3, -0.25) is 19.6 Å². The Morgan fingerprint density at radius 2 is 1.87 bits per heavy atom. The minimum absolute atomic E-state index is 0.217. The summed E-state index contributed by atoms with van der Waals surface area (Å²) >= 11 is 0. The topological polar surface area (TPSA) is 68.1 Å². The zero-order chi connectivity index (χ0) is 21.1. The van der Waals surface area contributed by atoms with Crippen LogP contribution in [0.25, 0.3) is 5.57 Å². The van der Waals surface area contributed by atoms with Gasteiger partial charge in [0.15, 0.2) is 0 Å². The second-order valence-electron chi connectivity index (χ2n) is 7.55. The first-order valence-electron chi connectivity index (χ1n) is 10.0. The lowest BCUT2D eigenvalue weighted by atomic mass is 9.99. The Labute approximate surface area is 175 Å². The molecule has 152 valence electrons. The van der Waals surface area contributed by atoms with Crippen LogP contribution in [0.1, 0.15) is 39.3 Å². The SMILES string of the molecule is Cc1cnc(Cn2ccc(C)c(C(=O)N3CC=C(c4ccccc4)CC3)c2=O)cn1. The molecule has 3 heterocycles. The van der Waals surface area contributed by atoms with Crippen molar-refractivity contribution in [1.82, 2.24) is 19.4 Å². The van der Waals surface area contributed by atoms with Crippen molar-refractivity contribution < 1.29 is 4.79 Å². The number of hydrogen-bond acceptors (Lipinski definition) is 4. The molecule has 0 saturated carbocycles. The Morgan fingerprint density at radius 1 is 1.07 bits per heavy atom. The van der Waals surface area contributed by atoms with Crippen LogP contribution in [0.2, 0.25) is 0 Å². The van der Waals surface area contributed by atoms with Crippen LogP contribution in [-0.2, 0) is 6.54 Å². The van der Waals surface area contributed by atoms with Crippen LogP contribution in [0, 0.1) is 13.8 Å². The maximum absolute atomic E-state index is 13.2. The predicted molar refractivity (Wildman–Crippen MR) is 116 cm³/mol. The highest BCUT2D eigenvalue weighted by Gasteiger charge is 2.24. The van der Waals surface area contributed by atoms with Gasteiger partial charge in [0.05, 0.1) is 24.1 Å². The highest BCUT2D eigenvalue weighted by molar-refractivity contribution is 5.95. The van der Waals surface area contributed by atoms with Gasteiger partial charge in [0.1, 0.15) is 5.56 Å². The lowest BCUT2D eigenvalue weighted by Gasteiger charge is -2.27. The largest absolute Gasteiger partial charge is 0.334 e. The second kappa shape index (κ2) is 8.45. The van der Waals surface area contributed by atoms with E-state index in [1.54, 1.807) is 30.4 Å². The van der Waals surface area contributed by atoms with Gasteiger partial charge in [0.2, 0.25) is 0 Å². The predicted octanol–water partition coefficient (Wildman–Crippen LogP) is 3.23. The Morgan fingerprint density at radius 3 is 2.53 bits per heavy atom. The molecule has 0 fully saturated rings. The molecule has 1 aliphatic rings. The summed E-state index contributed by atoms with van der Waals surface area (Å²) in [4.78, 5) is 36.6. The smallest absolute Gasteiger partial charge is 0.264 e. The molecule has 0 unspecified atom stereocenters. The molecular weight excluding hydrogens is 376 g/mol. The first kappa shape index (κ1) is 19.8. The van der Waals surface area contributed by atoms with E-state index in [-0.39, 0.29) is 23.6 Å². The molecule has 0 spiro atoms. The molecule has 4 rings (SSSR count). The lowest BCUT2D eigenvalue weighted by molar-refractivity contribution is 0.0769. The molecule has 6 heteroatoms. The van der Waals surface area contributed by atoms with Gasteiger partial charge in [-0.1, -0.05) is 36.4 Å². The van der Waals surface area contributed by atoms with Gasteiger partial charge in [-0.2, -0.15) is 0 Å². The number of aromatic nitrogens is 3. The van der Waals surface area contributed by atoms with Crippen molar-refractivity contribution in [2.24, 2.45) is 0 Å². The quantitative estimate of drug-likeness (QED) is 0.674. The third kappa shape index (κ3) is 4.08. The van der Waals surface area contributed by atoms with Gasteiger partial charge >= 0.3 is 0 Å². The number of amides is 1. The number of aryl methyl sites for hydroxylation is 2. The van der Waals surface area contributed by atoms with Crippen molar-refractivity contribution in [2.45, 2.75) is 26.8 Å². The van der Waals surface area contributed by atoms with Crippen molar-refractivity contribution in [1.29, 1.82) is 0 Å².